The minimum absolute atomic E-state index is 0.114. The molecule has 3 heteroatoms. The highest BCUT2D eigenvalue weighted by molar-refractivity contribution is 5.75. The summed E-state index contributed by atoms with van der Waals surface area (Å²) >= 11 is 0. The predicted octanol–water partition coefficient (Wildman–Crippen LogP) is 3.04. The van der Waals surface area contributed by atoms with Crippen molar-refractivity contribution < 1.29 is 4.79 Å². The van der Waals surface area contributed by atoms with Crippen molar-refractivity contribution in [1.82, 2.24) is 10.2 Å². The third-order valence-corrected chi connectivity index (χ3v) is 4.10. The number of urea groups is 1. The zero-order chi connectivity index (χ0) is 13.4. The number of carbonyl (C=O) groups is 1. The van der Waals surface area contributed by atoms with Gasteiger partial charge in [-0.1, -0.05) is 32.0 Å². The van der Waals surface area contributed by atoms with Crippen LogP contribution in [0.25, 0.3) is 0 Å². The van der Waals surface area contributed by atoms with E-state index in [0.717, 1.165) is 32.4 Å². The molecule has 1 aromatic carbocycles. The van der Waals surface area contributed by atoms with Crippen molar-refractivity contribution in [2.45, 2.75) is 51.6 Å². The lowest BCUT2D eigenvalue weighted by Crippen LogP contribution is -2.43. The van der Waals surface area contributed by atoms with Gasteiger partial charge in [-0.25, -0.2) is 4.79 Å². The third-order valence-electron chi connectivity index (χ3n) is 4.10. The number of rotatable bonds is 2. The van der Waals surface area contributed by atoms with Crippen LogP contribution < -0.4 is 5.32 Å². The lowest BCUT2D eigenvalue weighted by molar-refractivity contribution is 0.192. The molecule has 0 atom stereocenters. The van der Waals surface area contributed by atoms with Crippen LogP contribution in [0.2, 0.25) is 0 Å². The number of amides is 2. The number of carbonyl (C=O) groups excluding carboxylic acids is 1. The Labute approximate surface area is 115 Å². The Bertz CT molecular complexity index is 492. The summed E-state index contributed by atoms with van der Waals surface area (Å²) in [7, 11) is 0. The van der Waals surface area contributed by atoms with Gasteiger partial charge in [-0.2, -0.15) is 0 Å². The fraction of sp³-hybridized carbons (Fsp3) is 0.562. The Balaban J connectivity index is 1.73. The molecule has 1 aliphatic carbocycles. The van der Waals surface area contributed by atoms with Crippen LogP contribution in [0, 0.1) is 0 Å². The average Bonchev–Trinajstić information content (AvgIpc) is 3.21. The van der Waals surface area contributed by atoms with E-state index in [9.17, 15) is 4.79 Å². The normalized spacial score (nSPS) is 18.4. The second-order valence-corrected chi connectivity index (χ2v) is 6.08. The molecule has 3 rings (SSSR count). The van der Waals surface area contributed by atoms with Crippen LogP contribution in [0.3, 0.4) is 0 Å². The van der Waals surface area contributed by atoms with E-state index in [1.54, 1.807) is 0 Å². The monoisotopic (exact) mass is 258 g/mol. The molecule has 2 amide bonds. The predicted molar refractivity (Wildman–Crippen MR) is 76.2 cm³/mol. The third kappa shape index (κ3) is 2.75. The molecule has 2 aliphatic rings. The molecule has 1 aliphatic heterocycles. The molecular formula is C16H22N2O. The fourth-order valence-electron chi connectivity index (χ4n) is 2.60. The standard InChI is InChI=1S/C16H22N2O/c1-11(2)13-4-3-12-7-8-18(10-14(12)9-13)16(19)17-15-5-6-15/h3-4,9,11,15H,5-8,10H2,1-2H3,(H,17,19). The van der Waals surface area contributed by atoms with Gasteiger partial charge in [0.1, 0.15) is 0 Å². The van der Waals surface area contributed by atoms with Gasteiger partial charge in [0.2, 0.25) is 0 Å². The average molecular weight is 258 g/mol. The largest absolute Gasteiger partial charge is 0.335 e. The number of hydrogen-bond acceptors (Lipinski definition) is 1. The van der Waals surface area contributed by atoms with Crippen LogP contribution in [0.1, 0.15) is 49.3 Å². The van der Waals surface area contributed by atoms with E-state index in [1.165, 1.54) is 16.7 Å². The van der Waals surface area contributed by atoms with Gasteiger partial charge in [0.05, 0.1) is 0 Å². The molecule has 1 N–H and O–H groups in total. The van der Waals surface area contributed by atoms with Crippen LogP contribution >= 0.6 is 0 Å². The lowest BCUT2D eigenvalue weighted by Gasteiger charge is -2.29. The fourth-order valence-corrected chi connectivity index (χ4v) is 2.60. The van der Waals surface area contributed by atoms with E-state index in [1.807, 2.05) is 4.90 Å². The zero-order valence-electron chi connectivity index (χ0n) is 11.8. The Morgan fingerprint density at radius 1 is 1.32 bits per heavy atom. The Morgan fingerprint density at radius 3 is 2.79 bits per heavy atom. The van der Waals surface area contributed by atoms with Crippen LogP contribution in [0.15, 0.2) is 18.2 Å². The SMILES string of the molecule is CC(C)c1ccc2c(c1)CN(C(=O)NC1CC1)CC2. The summed E-state index contributed by atoms with van der Waals surface area (Å²) in [6, 6.07) is 7.29. The number of hydrogen-bond donors (Lipinski definition) is 1. The van der Waals surface area contributed by atoms with E-state index in [4.69, 9.17) is 0 Å². The zero-order valence-corrected chi connectivity index (χ0v) is 11.8. The lowest BCUT2D eigenvalue weighted by atomic mass is 9.93. The minimum Gasteiger partial charge on any atom is -0.335 e. The highest BCUT2D eigenvalue weighted by Gasteiger charge is 2.27. The first-order valence-corrected chi connectivity index (χ1v) is 7.30. The van der Waals surface area contributed by atoms with Gasteiger partial charge in [0, 0.05) is 19.1 Å². The van der Waals surface area contributed by atoms with Crippen molar-refractivity contribution in [3.8, 4) is 0 Å². The number of benzene rings is 1. The molecule has 0 spiro atoms. The number of nitrogens with zero attached hydrogens (tertiary/aromatic N) is 1. The second-order valence-electron chi connectivity index (χ2n) is 6.08. The number of nitrogens with one attached hydrogen (secondary N) is 1. The van der Waals surface area contributed by atoms with E-state index in [-0.39, 0.29) is 6.03 Å². The van der Waals surface area contributed by atoms with Crippen molar-refractivity contribution in [3.63, 3.8) is 0 Å². The Hall–Kier alpha value is -1.51. The van der Waals surface area contributed by atoms with Gasteiger partial charge in [-0.3, -0.25) is 0 Å². The van der Waals surface area contributed by atoms with Gasteiger partial charge in [-0.15, -0.1) is 0 Å². The van der Waals surface area contributed by atoms with Crippen molar-refractivity contribution in [3.05, 3.63) is 34.9 Å². The summed E-state index contributed by atoms with van der Waals surface area (Å²) in [6.07, 6.45) is 3.27. The van der Waals surface area contributed by atoms with Crippen LogP contribution in [-0.4, -0.2) is 23.5 Å². The van der Waals surface area contributed by atoms with Crippen molar-refractivity contribution in [2.24, 2.45) is 0 Å². The summed E-state index contributed by atoms with van der Waals surface area (Å²) in [5, 5.41) is 3.08. The molecule has 19 heavy (non-hydrogen) atoms. The van der Waals surface area contributed by atoms with Gasteiger partial charge in [0.15, 0.2) is 0 Å². The molecule has 1 fully saturated rings. The second kappa shape index (κ2) is 4.87. The summed E-state index contributed by atoms with van der Waals surface area (Å²) < 4.78 is 0. The highest BCUT2D eigenvalue weighted by Crippen LogP contribution is 2.25. The maximum atomic E-state index is 12.1. The quantitative estimate of drug-likeness (QED) is 0.869. The molecule has 0 radical (unpaired) electrons. The van der Waals surface area contributed by atoms with Crippen LogP contribution in [-0.2, 0) is 13.0 Å². The van der Waals surface area contributed by atoms with Gasteiger partial charge in [-0.05, 0) is 41.9 Å². The smallest absolute Gasteiger partial charge is 0.317 e. The molecular weight excluding hydrogens is 236 g/mol. The van der Waals surface area contributed by atoms with E-state index < -0.39 is 0 Å². The summed E-state index contributed by atoms with van der Waals surface area (Å²) in [4.78, 5) is 14.0. The first kappa shape index (κ1) is 12.5. The molecule has 0 aromatic heterocycles. The topological polar surface area (TPSA) is 32.3 Å². The highest BCUT2D eigenvalue weighted by atomic mass is 16.2. The van der Waals surface area contributed by atoms with Gasteiger partial charge in [0.25, 0.3) is 0 Å². The number of fused-ring (bicyclic) bond motifs is 1. The molecule has 0 bridgehead atoms. The Morgan fingerprint density at radius 2 is 2.11 bits per heavy atom. The van der Waals surface area contributed by atoms with E-state index in [0.29, 0.717) is 12.0 Å². The molecule has 0 saturated heterocycles. The summed E-state index contributed by atoms with van der Waals surface area (Å²) in [6.45, 7) is 6.02. The van der Waals surface area contributed by atoms with Gasteiger partial charge < -0.3 is 10.2 Å². The molecule has 0 unspecified atom stereocenters. The maximum absolute atomic E-state index is 12.1. The summed E-state index contributed by atoms with van der Waals surface area (Å²) in [5.74, 6) is 0.543. The molecule has 1 saturated carbocycles. The van der Waals surface area contributed by atoms with Crippen molar-refractivity contribution in [1.29, 1.82) is 0 Å². The van der Waals surface area contributed by atoms with E-state index in [2.05, 4.69) is 37.4 Å². The Kier molecular flexibility index (Phi) is 3.21. The van der Waals surface area contributed by atoms with Crippen molar-refractivity contribution in [2.75, 3.05) is 6.54 Å². The van der Waals surface area contributed by atoms with Crippen molar-refractivity contribution >= 4 is 6.03 Å². The minimum atomic E-state index is 0.114. The first-order chi connectivity index (χ1) is 9.13. The van der Waals surface area contributed by atoms with Crippen LogP contribution in [0.4, 0.5) is 4.79 Å². The maximum Gasteiger partial charge on any atom is 0.317 e. The first-order valence-electron chi connectivity index (χ1n) is 7.30. The summed E-state index contributed by atoms with van der Waals surface area (Å²) in [5.41, 5.74) is 4.09. The molecule has 102 valence electrons. The molecule has 1 heterocycles. The molecule has 3 nitrogen and oxygen atoms in total. The van der Waals surface area contributed by atoms with Gasteiger partial charge >= 0.3 is 6.03 Å². The molecule has 1 aromatic rings. The van der Waals surface area contributed by atoms with Crippen LogP contribution in [0.5, 0.6) is 0 Å². The van der Waals surface area contributed by atoms with E-state index >= 15 is 0 Å².